The summed E-state index contributed by atoms with van der Waals surface area (Å²) in [4.78, 5) is 15.6. The van der Waals surface area contributed by atoms with Gasteiger partial charge in [0.05, 0.1) is 6.54 Å². The summed E-state index contributed by atoms with van der Waals surface area (Å²) in [6.07, 6.45) is 4.66. The molecule has 1 amide bonds. The third kappa shape index (κ3) is 3.27. The fourth-order valence-corrected chi connectivity index (χ4v) is 2.33. The van der Waals surface area contributed by atoms with E-state index in [0.717, 1.165) is 25.9 Å². The van der Waals surface area contributed by atoms with Crippen molar-refractivity contribution in [3.63, 3.8) is 0 Å². The highest BCUT2D eigenvalue weighted by molar-refractivity contribution is 5.80. The zero-order chi connectivity index (χ0) is 13.9. The Morgan fingerprint density at radius 3 is 2.85 bits per heavy atom. The van der Waals surface area contributed by atoms with Crippen molar-refractivity contribution in [1.29, 1.82) is 0 Å². The van der Waals surface area contributed by atoms with Gasteiger partial charge in [-0.05, 0) is 25.7 Å². The minimum absolute atomic E-state index is 0.126. The summed E-state index contributed by atoms with van der Waals surface area (Å²) in [6.45, 7) is 2.63. The quantitative estimate of drug-likeness (QED) is 0.811. The largest absolute Gasteiger partial charge is 0.407 e. The maximum absolute atomic E-state index is 12.0. The molecule has 3 rings (SSSR count). The van der Waals surface area contributed by atoms with Gasteiger partial charge >= 0.3 is 6.01 Å². The van der Waals surface area contributed by atoms with Crippen molar-refractivity contribution in [1.82, 2.24) is 20.4 Å². The molecule has 2 heterocycles. The third-order valence-electron chi connectivity index (χ3n) is 3.73. The van der Waals surface area contributed by atoms with Crippen molar-refractivity contribution in [2.24, 2.45) is 0 Å². The second-order valence-electron chi connectivity index (χ2n) is 5.58. The van der Waals surface area contributed by atoms with E-state index in [4.69, 9.17) is 4.42 Å². The first-order chi connectivity index (χ1) is 9.72. The molecular weight excluding hydrogens is 258 g/mol. The maximum Gasteiger partial charge on any atom is 0.318 e. The van der Waals surface area contributed by atoms with Crippen molar-refractivity contribution >= 4 is 11.9 Å². The molecule has 0 spiro atoms. The number of carbonyl (C=O) groups is 1. The van der Waals surface area contributed by atoms with Crippen LogP contribution in [0.1, 0.15) is 31.6 Å². The topological polar surface area (TPSA) is 74.5 Å². The highest BCUT2D eigenvalue weighted by atomic mass is 16.4. The summed E-state index contributed by atoms with van der Waals surface area (Å²) >= 11 is 0. The molecule has 1 N–H and O–H groups in total. The van der Waals surface area contributed by atoms with E-state index in [2.05, 4.69) is 15.5 Å². The predicted octanol–water partition coefficient (Wildman–Crippen LogP) is 0.380. The number of amides is 1. The van der Waals surface area contributed by atoms with Crippen molar-refractivity contribution < 1.29 is 9.21 Å². The number of nitrogens with zero attached hydrogens (tertiary/aromatic N) is 4. The number of nitrogens with one attached hydrogen (secondary N) is 1. The van der Waals surface area contributed by atoms with Gasteiger partial charge in [0.25, 0.3) is 0 Å². The first-order valence-corrected chi connectivity index (χ1v) is 7.27. The molecule has 7 nitrogen and oxygen atoms in total. The molecule has 0 aromatic carbocycles. The molecular formula is C13H21N5O2. The molecule has 2 fully saturated rings. The van der Waals surface area contributed by atoms with Gasteiger partial charge in [-0.15, -0.1) is 5.10 Å². The van der Waals surface area contributed by atoms with Gasteiger partial charge in [-0.3, -0.25) is 4.79 Å². The zero-order valence-corrected chi connectivity index (χ0v) is 11.8. The molecule has 0 bridgehead atoms. The number of anilines is 1. The lowest BCUT2D eigenvalue weighted by molar-refractivity contribution is -0.128. The van der Waals surface area contributed by atoms with Crippen LogP contribution in [0.3, 0.4) is 0 Å². The van der Waals surface area contributed by atoms with Crippen LogP contribution in [-0.4, -0.2) is 53.7 Å². The molecule has 1 aliphatic heterocycles. The van der Waals surface area contributed by atoms with Crippen molar-refractivity contribution in [2.45, 2.75) is 38.3 Å². The average molecular weight is 279 g/mol. The summed E-state index contributed by atoms with van der Waals surface area (Å²) in [5.41, 5.74) is 0. The van der Waals surface area contributed by atoms with E-state index in [1.165, 1.54) is 12.8 Å². The van der Waals surface area contributed by atoms with E-state index in [1.807, 2.05) is 4.90 Å². The van der Waals surface area contributed by atoms with Gasteiger partial charge in [0, 0.05) is 26.2 Å². The smallest absolute Gasteiger partial charge is 0.318 e. The fourth-order valence-electron chi connectivity index (χ4n) is 2.33. The van der Waals surface area contributed by atoms with Crippen LogP contribution in [0.4, 0.5) is 6.01 Å². The fraction of sp³-hybridized carbons (Fsp3) is 0.769. The highest BCUT2D eigenvalue weighted by Crippen LogP contribution is 2.19. The molecule has 0 radical (unpaired) electrons. The standard InChI is InChI=1S/C13H21N5O2/c1-17(9-12(19)18-6-2-3-7-18)13-16-15-11(20-13)8-14-10-4-5-10/h10,14H,2-9H2,1H3. The molecule has 1 saturated carbocycles. The summed E-state index contributed by atoms with van der Waals surface area (Å²) in [5.74, 6) is 0.702. The van der Waals surface area contributed by atoms with E-state index in [-0.39, 0.29) is 12.5 Å². The van der Waals surface area contributed by atoms with E-state index in [1.54, 1.807) is 11.9 Å². The Kier molecular flexibility index (Phi) is 3.86. The van der Waals surface area contributed by atoms with Gasteiger partial charge in [-0.25, -0.2) is 0 Å². The van der Waals surface area contributed by atoms with Crippen molar-refractivity contribution in [2.75, 3.05) is 31.6 Å². The first-order valence-electron chi connectivity index (χ1n) is 7.27. The number of hydrogen-bond acceptors (Lipinski definition) is 6. The Bertz CT molecular complexity index is 465. The van der Waals surface area contributed by atoms with E-state index in [9.17, 15) is 4.79 Å². The Balaban J connectivity index is 1.50. The van der Waals surface area contributed by atoms with Crippen LogP contribution in [0.25, 0.3) is 0 Å². The van der Waals surface area contributed by atoms with Gasteiger partial charge in [-0.1, -0.05) is 5.10 Å². The van der Waals surface area contributed by atoms with Gasteiger partial charge < -0.3 is 19.5 Å². The molecule has 110 valence electrons. The van der Waals surface area contributed by atoms with Gasteiger partial charge in [0.15, 0.2) is 0 Å². The maximum atomic E-state index is 12.0. The second-order valence-corrected chi connectivity index (χ2v) is 5.58. The second kappa shape index (κ2) is 5.78. The zero-order valence-electron chi connectivity index (χ0n) is 11.8. The lowest BCUT2D eigenvalue weighted by Gasteiger charge is -2.19. The average Bonchev–Trinajstić information content (AvgIpc) is 2.96. The van der Waals surface area contributed by atoms with Gasteiger partial charge in [-0.2, -0.15) is 0 Å². The van der Waals surface area contributed by atoms with Crippen LogP contribution < -0.4 is 10.2 Å². The lowest BCUT2D eigenvalue weighted by Crippen LogP contribution is -2.37. The number of likely N-dealkylation sites (tertiary alicyclic amines) is 1. The van der Waals surface area contributed by atoms with Crippen molar-refractivity contribution in [3.8, 4) is 0 Å². The molecule has 1 saturated heterocycles. The van der Waals surface area contributed by atoms with Crippen LogP contribution in [0.15, 0.2) is 4.42 Å². The van der Waals surface area contributed by atoms with E-state index >= 15 is 0 Å². The van der Waals surface area contributed by atoms with Gasteiger partial charge in [0.1, 0.15) is 6.54 Å². The van der Waals surface area contributed by atoms with Crippen molar-refractivity contribution in [3.05, 3.63) is 5.89 Å². The molecule has 1 aromatic heterocycles. The normalized spacial score (nSPS) is 18.6. The summed E-state index contributed by atoms with van der Waals surface area (Å²) < 4.78 is 5.56. The molecule has 7 heteroatoms. The minimum Gasteiger partial charge on any atom is -0.407 e. The van der Waals surface area contributed by atoms with Crippen LogP contribution >= 0.6 is 0 Å². The predicted molar refractivity (Wildman–Crippen MR) is 73.2 cm³/mol. The SMILES string of the molecule is CN(CC(=O)N1CCCC1)c1nnc(CNC2CC2)o1. The number of carbonyl (C=O) groups excluding carboxylic acids is 1. The number of hydrogen-bond donors (Lipinski definition) is 1. The van der Waals surface area contributed by atoms with E-state index in [0.29, 0.717) is 24.5 Å². The van der Waals surface area contributed by atoms with E-state index < -0.39 is 0 Å². The Hall–Kier alpha value is -1.63. The van der Waals surface area contributed by atoms with Crippen LogP contribution in [0, 0.1) is 0 Å². The molecule has 1 aromatic rings. The number of rotatable bonds is 6. The Labute approximate surface area is 118 Å². The monoisotopic (exact) mass is 279 g/mol. The molecule has 20 heavy (non-hydrogen) atoms. The van der Waals surface area contributed by atoms with Crippen LogP contribution in [0.5, 0.6) is 0 Å². The Morgan fingerprint density at radius 1 is 1.40 bits per heavy atom. The summed E-state index contributed by atoms with van der Waals surface area (Å²) in [5, 5.41) is 11.3. The molecule has 0 unspecified atom stereocenters. The first kappa shape index (κ1) is 13.4. The lowest BCUT2D eigenvalue weighted by atomic mass is 10.4. The summed E-state index contributed by atoms with van der Waals surface area (Å²) in [7, 11) is 1.81. The molecule has 1 aliphatic carbocycles. The Morgan fingerprint density at radius 2 is 2.15 bits per heavy atom. The minimum atomic E-state index is 0.126. The molecule has 0 atom stereocenters. The van der Waals surface area contributed by atoms with Crippen LogP contribution in [0.2, 0.25) is 0 Å². The third-order valence-corrected chi connectivity index (χ3v) is 3.73. The van der Waals surface area contributed by atoms with Crippen LogP contribution in [-0.2, 0) is 11.3 Å². The molecule has 2 aliphatic rings. The number of likely N-dealkylation sites (N-methyl/N-ethyl adjacent to an activating group) is 1. The highest BCUT2D eigenvalue weighted by Gasteiger charge is 2.23. The summed E-state index contributed by atoms with van der Waals surface area (Å²) in [6, 6.07) is 1.02. The van der Waals surface area contributed by atoms with Gasteiger partial charge in [0.2, 0.25) is 11.8 Å². The number of aromatic nitrogens is 2.